The smallest absolute Gasteiger partial charge is 0.276 e. The minimum atomic E-state index is -0.197. The summed E-state index contributed by atoms with van der Waals surface area (Å²) in [5.41, 5.74) is 0.943. The first-order valence-electron chi connectivity index (χ1n) is 10.6. The second kappa shape index (κ2) is 10.0. The van der Waals surface area contributed by atoms with Crippen LogP contribution in [0, 0.1) is 6.92 Å². The molecular weight excluding hydrogens is 402 g/mol. The molecule has 170 valence electrons. The number of piperidine rings is 1. The van der Waals surface area contributed by atoms with Crippen molar-refractivity contribution >= 4 is 11.8 Å². The van der Waals surface area contributed by atoms with Gasteiger partial charge in [0.25, 0.3) is 5.91 Å². The number of aryl methyl sites for hydroxylation is 1. The van der Waals surface area contributed by atoms with E-state index in [2.05, 4.69) is 15.3 Å². The molecule has 1 aliphatic heterocycles. The van der Waals surface area contributed by atoms with Crippen LogP contribution in [0.25, 0.3) is 0 Å². The molecule has 1 fully saturated rings. The number of rotatable bonds is 8. The average Bonchev–Trinajstić information content (AvgIpc) is 3.35. The van der Waals surface area contributed by atoms with E-state index in [1.165, 1.54) is 0 Å². The number of nitrogens with zero attached hydrogens (tertiary/aromatic N) is 5. The monoisotopic (exact) mass is 433 g/mol. The Bertz CT molecular complexity index is 906. The number of aromatic nitrogens is 3. The van der Waals surface area contributed by atoms with Gasteiger partial charge < -0.3 is 23.6 Å². The fourth-order valence-electron chi connectivity index (χ4n) is 3.84. The van der Waals surface area contributed by atoms with E-state index in [0.29, 0.717) is 49.1 Å². The van der Waals surface area contributed by atoms with Gasteiger partial charge in [0.05, 0.1) is 12.2 Å². The average molecular weight is 434 g/mol. The van der Waals surface area contributed by atoms with Crippen molar-refractivity contribution in [2.24, 2.45) is 0 Å². The molecule has 0 saturated carbocycles. The first-order chi connectivity index (χ1) is 14.8. The number of methoxy groups -OCH3 is 1. The Morgan fingerprint density at radius 2 is 2.06 bits per heavy atom. The highest BCUT2D eigenvalue weighted by molar-refractivity contribution is 5.94. The van der Waals surface area contributed by atoms with E-state index in [-0.39, 0.29) is 36.1 Å². The Labute approximate surface area is 181 Å². The minimum absolute atomic E-state index is 0.0378. The summed E-state index contributed by atoms with van der Waals surface area (Å²) < 4.78 is 15.6. The maximum atomic E-state index is 13.1. The topological polar surface area (TPSA) is 115 Å². The quantitative estimate of drug-likeness (QED) is 0.623. The van der Waals surface area contributed by atoms with Crippen molar-refractivity contribution in [2.45, 2.75) is 65.5 Å². The Morgan fingerprint density at radius 1 is 1.29 bits per heavy atom. The van der Waals surface area contributed by atoms with E-state index < -0.39 is 0 Å². The minimum Gasteiger partial charge on any atom is -0.380 e. The van der Waals surface area contributed by atoms with Crippen LogP contribution in [-0.2, 0) is 22.6 Å². The van der Waals surface area contributed by atoms with E-state index in [4.69, 9.17) is 13.8 Å². The first kappa shape index (κ1) is 22.9. The zero-order valence-corrected chi connectivity index (χ0v) is 18.9. The molecule has 0 spiro atoms. The van der Waals surface area contributed by atoms with Gasteiger partial charge in [0.1, 0.15) is 5.76 Å². The molecule has 0 aromatic carbocycles. The van der Waals surface area contributed by atoms with Gasteiger partial charge >= 0.3 is 0 Å². The van der Waals surface area contributed by atoms with Crippen LogP contribution in [-0.4, -0.2) is 69.7 Å². The second-order valence-electron chi connectivity index (χ2n) is 8.21. The number of amides is 2. The van der Waals surface area contributed by atoms with Crippen molar-refractivity contribution in [3.8, 4) is 0 Å². The molecular formula is C21H31N5O5. The van der Waals surface area contributed by atoms with Crippen molar-refractivity contribution in [3.63, 3.8) is 0 Å². The number of carbonyl (C=O) groups is 2. The summed E-state index contributed by atoms with van der Waals surface area (Å²) >= 11 is 0. The highest BCUT2D eigenvalue weighted by Gasteiger charge is 2.32. The largest absolute Gasteiger partial charge is 0.380 e. The lowest BCUT2D eigenvalue weighted by atomic mass is 10.0. The zero-order valence-electron chi connectivity index (χ0n) is 18.9. The Balaban J connectivity index is 1.67. The van der Waals surface area contributed by atoms with Gasteiger partial charge in [-0.3, -0.25) is 9.59 Å². The summed E-state index contributed by atoms with van der Waals surface area (Å²) in [6, 6.07) is -0.0782. The molecule has 2 aromatic heterocycles. The SMILES string of the molecule is COCc1c(C(=O)N2CCCC(N(CCc3noc(C(C)C)n3)C(C)=O)C2)noc1C. The van der Waals surface area contributed by atoms with E-state index in [1.807, 2.05) is 13.8 Å². The standard InChI is InChI=1S/C21H31N5O5/c1-13(2)20-22-18(23-31-20)8-10-26(15(4)27)16-7-6-9-25(11-16)21(28)19-17(12-29-5)14(3)30-24-19/h13,16H,6-12H2,1-5H3. The first-order valence-corrected chi connectivity index (χ1v) is 10.6. The highest BCUT2D eigenvalue weighted by Crippen LogP contribution is 2.22. The van der Waals surface area contributed by atoms with E-state index in [0.717, 1.165) is 12.8 Å². The number of carbonyl (C=O) groups excluding carboxylic acids is 2. The molecule has 31 heavy (non-hydrogen) atoms. The van der Waals surface area contributed by atoms with Crippen LogP contribution < -0.4 is 0 Å². The van der Waals surface area contributed by atoms with Gasteiger partial charge in [-0.05, 0) is 19.8 Å². The Morgan fingerprint density at radius 3 is 2.71 bits per heavy atom. The normalized spacial score (nSPS) is 16.7. The van der Waals surface area contributed by atoms with Crippen LogP contribution in [0.5, 0.6) is 0 Å². The highest BCUT2D eigenvalue weighted by atomic mass is 16.5. The molecule has 10 heteroatoms. The molecule has 1 unspecified atom stereocenters. The Kier molecular flexibility index (Phi) is 7.42. The molecule has 0 radical (unpaired) electrons. The summed E-state index contributed by atoms with van der Waals surface area (Å²) in [6.07, 6.45) is 2.13. The van der Waals surface area contributed by atoms with Gasteiger partial charge in [-0.15, -0.1) is 0 Å². The molecule has 1 aliphatic rings. The third-order valence-electron chi connectivity index (χ3n) is 5.56. The lowest BCUT2D eigenvalue weighted by molar-refractivity contribution is -0.132. The zero-order chi connectivity index (χ0) is 22.5. The third-order valence-corrected chi connectivity index (χ3v) is 5.56. The van der Waals surface area contributed by atoms with Crippen LogP contribution in [0.4, 0.5) is 0 Å². The van der Waals surface area contributed by atoms with Crippen molar-refractivity contribution < 1.29 is 23.4 Å². The summed E-state index contributed by atoms with van der Waals surface area (Å²) in [5, 5.41) is 7.96. The fraction of sp³-hybridized carbons (Fsp3) is 0.667. The number of likely N-dealkylation sites (tertiary alicyclic amines) is 1. The van der Waals surface area contributed by atoms with Crippen molar-refractivity contribution in [1.29, 1.82) is 0 Å². The van der Waals surface area contributed by atoms with E-state index in [1.54, 1.807) is 30.8 Å². The molecule has 1 saturated heterocycles. The maximum Gasteiger partial charge on any atom is 0.276 e. The van der Waals surface area contributed by atoms with Crippen molar-refractivity contribution in [1.82, 2.24) is 25.1 Å². The number of ether oxygens (including phenoxy) is 1. The molecule has 0 aliphatic carbocycles. The van der Waals surface area contributed by atoms with Crippen LogP contribution in [0.15, 0.2) is 9.05 Å². The Hall–Kier alpha value is -2.75. The maximum absolute atomic E-state index is 13.1. The van der Waals surface area contributed by atoms with Crippen molar-refractivity contribution in [2.75, 3.05) is 26.7 Å². The van der Waals surface area contributed by atoms with Crippen molar-refractivity contribution in [3.05, 3.63) is 28.7 Å². The van der Waals surface area contributed by atoms with Gasteiger partial charge in [0, 0.05) is 52.0 Å². The van der Waals surface area contributed by atoms with Gasteiger partial charge in [-0.2, -0.15) is 4.98 Å². The second-order valence-corrected chi connectivity index (χ2v) is 8.21. The molecule has 0 N–H and O–H groups in total. The fourth-order valence-corrected chi connectivity index (χ4v) is 3.84. The lowest BCUT2D eigenvalue weighted by Gasteiger charge is -2.38. The predicted molar refractivity (Wildman–Crippen MR) is 110 cm³/mol. The van der Waals surface area contributed by atoms with E-state index >= 15 is 0 Å². The summed E-state index contributed by atoms with van der Waals surface area (Å²) in [4.78, 5) is 33.4. The molecule has 1 atom stereocenters. The van der Waals surface area contributed by atoms with Crippen LogP contribution in [0.3, 0.4) is 0 Å². The van der Waals surface area contributed by atoms with Gasteiger partial charge in [-0.25, -0.2) is 0 Å². The summed E-state index contributed by atoms with van der Waals surface area (Å²) in [7, 11) is 1.57. The molecule has 3 heterocycles. The molecule has 0 bridgehead atoms. The third kappa shape index (κ3) is 5.30. The molecule has 2 aromatic rings. The van der Waals surface area contributed by atoms with Gasteiger partial charge in [0.2, 0.25) is 11.8 Å². The number of hydrogen-bond acceptors (Lipinski definition) is 8. The molecule has 10 nitrogen and oxygen atoms in total. The van der Waals surface area contributed by atoms with Crippen LogP contribution in [0.1, 0.15) is 73.1 Å². The van der Waals surface area contributed by atoms with Gasteiger partial charge in [0.15, 0.2) is 11.5 Å². The summed E-state index contributed by atoms with van der Waals surface area (Å²) in [5.74, 6) is 1.67. The lowest BCUT2D eigenvalue weighted by Crippen LogP contribution is -2.52. The van der Waals surface area contributed by atoms with Crippen LogP contribution >= 0.6 is 0 Å². The number of hydrogen-bond donors (Lipinski definition) is 0. The molecule has 2 amide bonds. The molecule has 3 rings (SSSR count). The summed E-state index contributed by atoms with van der Waals surface area (Å²) in [6.45, 7) is 9.07. The van der Waals surface area contributed by atoms with Gasteiger partial charge in [-0.1, -0.05) is 24.2 Å². The van der Waals surface area contributed by atoms with Crippen LogP contribution in [0.2, 0.25) is 0 Å². The van der Waals surface area contributed by atoms with E-state index in [9.17, 15) is 9.59 Å². The predicted octanol–water partition coefficient (Wildman–Crippen LogP) is 2.33.